The Labute approximate surface area is 245 Å². The summed E-state index contributed by atoms with van der Waals surface area (Å²) in [6, 6.07) is 11.2. The highest BCUT2D eigenvalue weighted by molar-refractivity contribution is 6.30. The number of esters is 1. The zero-order valence-electron chi connectivity index (χ0n) is 23.9. The zero-order chi connectivity index (χ0) is 29.5. The molecule has 2 aliphatic rings. The number of rotatable bonds is 9. The first kappa shape index (κ1) is 30.2. The lowest BCUT2D eigenvalue weighted by atomic mass is 9.93. The van der Waals surface area contributed by atoms with Crippen LogP contribution in [-0.2, 0) is 9.53 Å². The number of carbonyl (C=O) groups is 3. The molecule has 1 unspecified atom stereocenters. The Morgan fingerprint density at radius 2 is 1.71 bits per heavy atom. The van der Waals surface area contributed by atoms with Crippen LogP contribution >= 0.6 is 11.6 Å². The van der Waals surface area contributed by atoms with Crippen LogP contribution in [0, 0.1) is 0 Å². The summed E-state index contributed by atoms with van der Waals surface area (Å²) in [5, 5.41) is 3.57. The lowest BCUT2D eigenvalue weighted by Crippen LogP contribution is -2.51. The van der Waals surface area contributed by atoms with E-state index in [1.54, 1.807) is 61.4 Å². The standard InChI is InChI=1S/C30H37ClN4O6/c1-5-35-23(19-33-14-7-15-34(17-16-33)28(36)20-8-11-22(31)12-9-20)26(29(37)41-6-2)27(32-30(35)38)21-10-13-24(39-3)25(18-21)40-4/h8-13,18,27H,5-7,14-17,19H2,1-4H3,(H,32,38). The molecule has 3 amide bonds. The third-order valence-electron chi connectivity index (χ3n) is 7.33. The summed E-state index contributed by atoms with van der Waals surface area (Å²) in [5.41, 5.74) is 2.22. The van der Waals surface area contributed by atoms with E-state index in [1.165, 1.54) is 7.11 Å². The summed E-state index contributed by atoms with van der Waals surface area (Å²) < 4.78 is 16.4. The molecule has 4 rings (SSSR count). The maximum Gasteiger partial charge on any atom is 0.338 e. The van der Waals surface area contributed by atoms with Crippen LogP contribution in [0.4, 0.5) is 4.79 Å². The molecule has 2 aromatic rings. The van der Waals surface area contributed by atoms with Crippen LogP contribution < -0.4 is 14.8 Å². The van der Waals surface area contributed by atoms with Crippen molar-refractivity contribution in [3.63, 3.8) is 0 Å². The normalized spacial score (nSPS) is 18.1. The molecule has 1 fully saturated rings. The van der Waals surface area contributed by atoms with Crippen molar-refractivity contribution in [1.29, 1.82) is 0 Å². The van der Waals surface area contributed by atoms with Gasteiger partial charge >= 0.3 is 12.0 Å². The number of amides is 3. The quantitative estimate of drug-likeness (QED) is 0.443. The number of halogens is 1. The number of nitrogens with zero attached hydrogens (tertiary/aromatic N) is 3. The molecule has 2 aromatic carbocycles. The Balaban J connectivity index is 1.65. The fourth-order valence-electron chi connectivity index (χ4n) is 5.26. The molecule has 41 heavy (non-hydrogen) atoms. The van der Waals surface area contributed by atoms with Crippen LogP contribution in [0.3, 0.4) is 0 Å². The van der Waals surface area contributed by atoms with Gasteiger partial charge in [0.15, 0.2) is 11.5 Å². The largest absolute Gasteiger partial charge is 0.493 e. The van der Waals surface area contributed by atoms with E-state index in [1.807, 2.05) is 11.8 Å². The van der Waals surface area contributed by atoms with E-state index in [9.17, 15) is 14.4 Å². The number of hydrogen-bond acceptors (Lipinski definition) is 7. The average Bonchev–Trinajstić information content (AvgIpc) is 3.22. The van der Waals surface area contributed by atoms with Crippen molar-refractivity contribution in [1.82, 2.24) is 20.0 Å². The molecule has 220 valence electrons. The highest BCUT2D eigenvalue weighted by atomic mass is 35.5. The van der Waals surface area contributed by atoms with E-state index in [2.05, 4.69) is 10.2 Å². The van der Waals surface area contributed by atoms with Crippen molar-refractivity contribution in [2.24, 2.45) is 0 Å². The second-order valence-electron chi connectivity index (χ2n) is 9.75. The lowest BCUT2D eigenvalue weighted by Gasteiger charge is -2.38. The molecular weight excluding hydrogens is 548 g/mol. The smallest absolute Gasteiger partial charge is 0.338 e. The minimum Gasteiger partial charge on any atom is -0.493 e. The van der Waals surface area contributed by atoms with Gasteiger partial charge in [-0.05, 0) is 62.2 Å². The summed E-state index contributed by atoms with van der Waals surface area (Å²) in [6.45, 7) is 6.94. The molecule has 0 spiro atoms. The van der Waals surface area contributed by atoms with Gasteiger partial charge in [-0.25, -0.2) is 9.59 Å². The van der Waals surface area contributed by atoms with Crippen LogP contribution in [0.15, 0.2) is 53.7 Å². The average molecular weight is 585 g/mol. The molecule has 1 saturated heterocycles. The van der Waals surface area contributed by atoms with Crippen molar-refractivity contribution >= 4 is 29.5 Å². The lowest BCUT2D eigenvalue weighted by molar-refractivity contribution is -0.139. The van der Waals surface area contributed by atoms with Crippen molar-refractivity contribution in [3.05, 3.63) is 69.9 Å². The summed E-state index contributed by atoms with van der Waals surface area (Å²) in [6.07, 6.45) is 0.749. The Morgan fingerprint density at radius 3 is 2.37 bits per heavy atom. The minimum atomic E-state index is -0.742. The zero-order valence-corrected chi connectivity index (χ0v) is 24.7. The Hall–Kier alpha value is -3.76. The summed E-state index contributed by atoms with van der Waals surface area (Å²) in [5.74, 6) is 0.489. The van der Waals surface area contributed by atoms with Crippen LogP contribution in [0.2, 0.25) is 5.02 Å². The number of carbonyl (C=O) groups excluding carboxylic acids is 3. The van der Waals surface area contributed by atoms with Crippen LogP contribution in [-0.4, -0.2) is 92.7 Å². The van der Waals surface area contributed by atoms with E-state index in [0.717, 1.165) is 6.42 Å². The fourth-order valence-corrected chi connectivity index (χ4v) is 5.38. The predicted octanol–water partition coefficient (Wildman–Crippen LogP) is 4.11. The van der Waals surface area contributed by atoms with Crippen LogP contribution in [0.1, 0.15) is 42.2 Å². The van der Waals surface area contributed by atoms with Gasteiger partial charge in [-0.2, -0.15) is 0 Å². The predicted molar refractivity (Wildman–Crippen MR) is 155 cm³/mol. The van der Waals surface area contributed by atoms with Gasteiger partial charge in [-0.1, -0.05) is 17.7 Å². The van der Waals surface area contributed by atoms with Crippen molar-refractivity contribution in [3.8, 4) is 11.5 Å². The molecule has 11 heteroatoms. The molecule has 2 heterocycles. The molecule has 10 nitrogen and oxygen atoms in total. The van der Waals surface area contributed by atoms with Gasteiger partial charge in [-0.3, -0.25) is 14.6 Å². The molecule has 2 aliphatic heterocycles. The Morgan fingerprint density at radius 1 is 0.976 bits per heavy atom. The first-order valence-electron chi connectivity index (χ1n) is 13.8. The highest BCUT2D eigenvalue weighted by Gasteiger charge is 2.38. The van der Waals surface area contributed by atoms with Gasteiger partial charge in [0.25, 0.3) is 5.91 Å². The Kier molecular flexibility index (Phi) is 10.1. The first-order valence-corrected chi connectivity index (χ1v) is 14.2. The topological polar surface area (TPSA) is 101 Å². The summed E-state index contributed by atoms with van der Waals surface area (Å²) in [7, 11) is 3.08. The van der Waals surface area contributed by atoms with E-state index in [4.69, 9.17) is 25.8 Å². The van der Waals surface area contributed by atoms with E-state index >= 15 is 0 Å². The van der Waals surface area contributed by atoms with Crippen molar-refractivity contribution in [2.75, 3.05) is 60.1 Å². The van der Waals surface area contributed by atoms with E-state index in [0.29, 0.717) is 78.2 Å². The maximum atomic E-state index is 13.5. The van der Waals surface area contributed by atoms with E-state index < -0.39 is 12.0 Å². The molecule has 0 bridgehead atoms. The second-order valence-corrected chi connectivity index (χ2v) is 10.2. The molecule has 0 aromatic heterocycles. The Bertz CT molecular complexity index is 1300. The highest BCUT2D eigenvalue weighted by Crippen LogP contribution is 2.36. The molecule has 1 atom stereocenters. The maximum absolute atomic E-state index is 13.5. The second kappa shape index (κ2) is 13.7. The van der Waals surface area contributed by atoms with Crippen molar-refractivity contribution in [2.45, 2.75) is 26.3 Å². The number of ether oxygens (including phenoxy) is 3. The van der Waals surface area contributed by atoms with Gasteiger partial charge in [-0.15, -0.1) is 0 Å². The van der Waals surface area contributed by atoms with Gasteiger partial charge in [0.1, 0.15) is 0 Å². The monoisotopic (exact) mass is 584 g/mol. The van der Waals surface area contributed by atoms with Gasteiger partial charge in [0.05, 0.1) is 32.4 Å². The van der Waals surface area contributed by atoms with Gasteiger partial charge in [0, 0.05) is 55.6 Å². The first-order chi connectivity index (χ1) is 19.8. The summed E-state index contributed by atoms with van der Waals surface area (Å²) in [4.78, 5) is 45.5. The number of hydrogen-bond donors (Lipinski definition) is 1. The van der Waals surface area contributed by atoms with Crippen molar-refractivity contribution < 1.29 is 28.6 Å². The number of urea groups is 1. The third-order valence-corrected chi connectivity index (χ3v) is 7.58. The molecule has 0 saturated carbocycles. The van der Waals surface area contributed by atoms with Crippen LogP contribution in [0.25, 0.3) is 0 Å². The van der Waals surface area contributed by atoms with Gasteiger partial charge < -0.3 is 24.4 Å². The number of methoxy groups -OCH3 is 2. The van der Waals surface area contributed by atoms with Gasteiger partial charge in [0.2, 0.25) is 0 Å². The number of nitrogens with one attached hydrogen (secondary N) is 1. The molecule has 0 aliphatic carbocycles. The summed E-state index contributed by atoms with van der Waals surface area (Å²) >= 11 is 5.99. The van der Waals surface area contributed by atoms with Crippen LogP contribution in [0.5, 0.6) is 11.5 Å². The molecule has 0 radical (unpaired) electrons. The fraction of sp³-hybridized carbons (Fsp3) is 0.433. The molecular formula is C30H37ClN4O6. The molecule has 1 N–H and O–H groups in total. The SMILES string of the molecule is CCOC(=O)C1=C(CN2CCCN(C(=O)c3ccc(Cl)cc3)CC2)N(CC)C(=O)NC1c1ccc(OC)c(OC)c1. The van der Waals surface area contributed by atoms with E-state index in [-0.39, 0.29) is 18.5 Å². The number of benzene rings is 2. The number of likely N-dealkylation sites (N-methyl/N-ethyl adjacent to an activating group) is 1. The minimum absolute atomic E-state index is 0.0457. The third kappa shape index (κ3) is 6.77.